The predicted molar refractivity (Wildman–Crippen MR) is 49.8 cm³/mol. The summed E-state index contributed by atoms with van der Waals surface area (Å²) in [7, 11) is 0. The van der Waals surface area contributed by atoms with Crippen LogP contribution in [0, 0.1) is 5.82 Å². The number of halogens is 1. The molecule has 2 rings (SSSR count). The lowest BCUT2D eigenvalue weighted by atomic mass is 10.2. The molecule has 1 aromatic carbocycles. The van der Waals surface area contributed by atoms with E-state index in [1.807, 2.05) is 0 Å². The molecule has 0 saturated heterocycles. The van der Waals surface area contributed by atoms with Crippen LogP contribution < -0.4 is 0 Å². The Morgan fingerprint density at radius 3 is 3.07 bits per heavy atom. The maximum Gasteiger partial charge on any atom is 0.343 e. The molecule has 0 spiro atoms. The molecular weight excluding hydrogens is 201 g/mol. The molecule has 0 aliphatic heterocycles. The molecule has 5 nitrogen and oxygen atoms in total. The molecule has 0 fully saturated rings. The second kappa shape index (κ2) is 3.64. The molecule has 1 heterocycles. The lowest BCUT2D eigenvalue weighted by Crippen LogP contribution is -2.08. The van der Waals surface area contributed by atoms with Gasteiger partial charge in [-0.1, -0.05) is 0 Å². The van der Waals surface area contributed by atoms with Crippen molar-refractivity contribution in [2.75, 3.05) is 6.61 Å². The highest BCUT2D eigenvalue weighted by atomic mass is 19.1. The van der Waals surface area contributed by atoms with E-state index in [0.29, 0.717) is 5.52 Å². The largest absolute Gasteiger partial charge is 0.462 e. The van der Waals surface area contributed by atoms with E-state index >= 15 is 0 Å². The van der Waals surface area contributed by atoms with Crippen molar-refractivity contribution < 1.29 is 13.9 Å². The van der Waals surface area contributed by atoms with Gasteiger partial charge in [0.15, 0.2) is 0 Å². The van der Waals surface area contributed by atoms with Gasteiger partial charge in [-0.05, 0) is 19.1 Å². The summed E-state index contributed by atoms with van der Waals surface area (Å²) in [5, 5.41) is 9.79. The third-order valence-electron chi connectivity index (χ3n) is 1.92. The maximum atomic E-state index is 13.4. The Morgan fingerprint density at radius 2 is 2.33 bits per heavy atom. The van der Waals surface area contributed by atoms with Crippen LogP contribution in [0.15, 0.2) is 12.1 Å². The minimum atomic E-state index is -0.727. The summed E-state index contributed by atoms with van der Waals surface area (Å²) in [4.78, 5) is 11.4. The van der Waals surface area contributed by atoms with E-state index in [-0.39, 0.29) is 17.7 Å². The van der Waals surface area contributed by atoms with Gasteiger partial charge in [0.25, 0.3) is 0 Å². The molecule has 2 aromatic rings. The number of carbonyl (C=O) groups is 1. The molecule has 78 valence electrons. The number of ether oxygens (including phenoxy) is 1. The summed E-state index contributed by atoms with van der Waals surface area (Å²) < 4.78 is 18.1. The second-order valence-electron chi connectivity index (χ2n) is 2.83. The van der Waals surface area contributed by atoms with Crippen molar-refractivity contribution in [2.45, 2.75) is 6.92 Å². The average Bonchev–Trinajstić information content (AvgIpc) is 2.65. The average molecular weight is 209 g/mol. The van der Waals surface area contributed by atoms with Crippen LogP contribution >= 0.6 is 0 Å². The summed E-state index contributed by atoms with van der Waals surface area (Å²) in [6.07, 6.45) is 0. The monoisotopic (exact) mass is 209 g/mol. The second-order valence-corrected chi connectivity index (χ2v) is 2.83. The Hall–Kier alpha value is -1.98. The number of aromatic amines is 1. The molecule has 15 heavy (non-hydrogen) atoms. The van der Waals surface area contributed by atoms with Crippen LogP contribution in [-0.2, 0) is 4.74 Å². The highest BCUT2D eigenvalue weighted by Gasteiger charge is 2.19. The number of nitrogens with one attached hydrogen (secondary N) is 1. The van der Waals surface area contributed by atoms with Crippen LogP contribution in [-0.4, -0.2) is 28.0 Å². The number of hydrogen-bond donors (Lipinski definition) is 1. The van der Waals surface area contributed by atoms with Crippen molar-refractivity contribution in [1.82, 2.24) is 15.4 Å². The van der Waals surface area contributed by atoms with E-state index in [0.717, 1.165) is 6.07 Å². The number of aromatic nitrogens is 3. The number of nitrogens with zero attached hydrogens (tertiary/aromatic N) is 2. The predicted octanol–water partition coefficient (Wildman–Crippen LogP) is 1.27. The molecule has 0 saturated carbocycles. The number of rotatable bonds is 2. The van der Waals surface area contributed by atoms with Gasteiger partial charge < -0.3 is 4.74 Å². The first-order valence-corrected chi connectivity index (χ1v) is 4.40. The van der Waals surface area contributed by atoms with E-state index < -0.39 is 11.8 Å². The molecule has 0 aliphatic carbocycles. The molecule has 0 amide bonds. The minimum absolute atomic E-state index is 0.178. The number of H-pyrrole nitrogens is 1. The zero-order chi connectivity index (χ0) is 10.8. The minimum Gasteiger partial charge on any atom is -0.462 e. The van der Waals surface area contributed by atoms with Crippen LogP contribution in [0.5, 0.6) is 0 Å². The van der Waals surface area contributed by atoms with E-state index in [9.17, 15) is 9.18 Å². The molecule has 0 bridgehead atoms. The lowest BCUT2D eigenvalue weighted by molar-refractivity contribution is 0.0523. The van der Waals surface area contributed by atoms with Crippen molar-refractivity contribution in [3.8, 4) is 0 Å². The number of benzene rings is 1. The van der Waals surface area contributed by atoms with Gasteiger partial charge >= 0.3 is 5.97 Å². The number of hydrogen-bond acceptors (Lipinski definition) is 4. The van der Waals surface area contributed by atoms with Crippen LogP contribution in [0.1, 0.15) is 17.3 Å². The van der Waals surface area contributed by atoms with Crippen LogP contribution in [0.25, 0.3) is 11.0 Å². The van der Waals surface area contributed by atoms with Gasteiger partial charge in [-0.15, -0.1) is 0 Å². The van der Waals surface area contributed by atoms with Gasteiger partial charge in [-0.25, -0.2) is 9.18 Å². The molecular formula is C9H8FN3O2. The number of fused-ring (bicyclic) bond motifs is 1. The van der Waals surface area contributed by atoms with Gasteiger partial charge in [-0.3, -0.25) is 0 Å². The Kier molecular flexibility index (Phi) is 2.32. The smallest absolute Gasteiger partial charge is 0.343 e. The summed E-state index contributed by atoms with van der Waals surface area (Å²) in [6, 6.07) is 2.61. The SMILES string of the molecule is CCOC(=O)c1c(F)ccc2n[nH]nc12. The Balaban J connectivity index is 2.61. The first kappa shape index (κ1) is 9.57. The van der Waals surface area contributed by atoms with Crippen molar-refractivity contribution in [3.63, 3.8) is 0 Å². The summed E-state index contributed by atoms with van der Waals surface area (Å²) in [6.45, 7) is 1.84. The zero-order valence-corrected chi connectivity index (χ0v) is 7.95. The van der Waals surface area contributed by atoms with Gasteiger partial charge in [-0.2, -0.15) is 15.4 Å². The fourth-order valence-corrected chi connectivity index (χ4v) is 1.29. The first-order chi connectivity index (χ1) is 7.24. The third kappa shape index (κ3) is 1.54. The molecule has 0 unspecified atom stereocenters. The fourth-order valence-electron chi connectivity index (χ4n) is 1.29. The number of carbonyl (C=O) groups excluding carboxylic acids is 1. The Morgan fingerprint density at radius 1 is 1.53 bits per heavy atom. The molecule has 0 radical (unpaired) electrons. The quantitative estimate of drug-likeness (QED) is 0.756. The summed E-state index contributed by atoms with van der Waals surface area (Å²) >= 11 is 0. The summed E-state index contributed by atoms with van der Waals surface area (Å²) in [5.74, 6) is -1.38. The zero-order valence-electron chi connectivity index (χ0n) is 7.95. The highest BCUT2D eigenvalue weighted by Crippen LogP contribution is 2.18. The Bertz CT molecular complexity index is 509. The van der Waals surface area contributed by atoms with Crippen LogP contribution in [0.3, 0.4) is 0 Å². The van der Waals surface area contributed by atoms with Crippen LogP contribution in [0.4, 0.5) is 4.39 Å². The molecule has 0 aliphatic rings. The van der Waals surface area contributed by atoms with Gasteiger partial charge in [0, 0.05) is 0 Å². The van der Waals surface area contributed by atoms with Crippen molar-refractivity contribution in [1.29, 1.82) is 0 Å². The van der Waals surface area contributed by atoms with E-state index in [4.69, 9.17) is 4.74 Å². The fraction of sp³-hybridized carbons (Fsp3) is 0.222. The van der Waals surface area contributed by atoms with E-state index in [1.165, 1.54) is 6.07 Å². The topological polar surface area (TPSA) is 67.9 Å². The van der Waals surface area contributed by atoms with Gasteiger partial charge in [0.1, 0.15) is 22.4 Å². The standard InChI is InChI=1S/C9H8FN3O2/c1-2-15-9(14)7-5(10)3-4-6-8(7)12-13-11-6/h3-4H,2H2,1H3,(H,11,12,13). The summed E-state index contributed by atoms with van der Waals surface area (Å²) in [5.41, 5.74) is 0.441. The van der Waals surface area contributed by atoms with Gasteiger partial charge in [0.2, 0.25) is 0 Å². The van der Waals surface area contributed by atoms with E-state index in [2.05, 4.69) is 15.4 Å². The molecule has 6 heteroatoms. The van der Waals surface area contributed by atoms with Crippen molar-refractivity contribution >= 4 is 17.0 Å². The third-order valence-corrected chi connectivity index (χ3v) is 1.92. The van der Waals surface area contributed by atoms with Crippen molar-refractivity contribution in [2.24, 2.45) is 0 Å². The van der Waals surface area contributed by atoms with Gasteiger partial charge in [0.05, 0.1) is 6.61 Å². The maximum absolute atomic E-state index is 13.4. The normalized spacial score (nSPS) is 10.5. The Labute approximate surface area is 84.2 Å². The van der Waals surface area contributed by atoms with E-state index in [1.54, 1.807) is 6.92 Å². The first-order valence-electron chi connectivity index (χ1n) is 4.40. The molecule has 1 aromatic heterocycles. The number of esters is 1. The van der Waals surface area contributed by atoms with Crippen LogP contribution in [0.2, 0.25) is 0 Å². The highest BCUT2D eigenvalue weighted by molar-refractivity contribution is 6.01. The molecule has 0 atom stereocenters. The lowest BCUT2D eigenvalue weighted by Gasteiger charge is -2.02. The molecule has 1 N–H and O–H groups in total. The van der Waals surface area contributed by atoms with Crippen molar-refractivity contribution in [3.05, 3.63) is 23.5 Å².